The van der Waals surface area contributed by atoms with Crippen LogP contribution in [0.25, 0.3) is 20.8 Å². The summed E-state index contributed by atoms with van der Waals surface area (Å²) in [6.45, 7) is 2.06. The Hall–Kier alpha value is -3.03. The third kappa shape index (κ3) is 3.12. The predicted molar refractivity (Wildman–Crippen MR) is 111 cm³/mol. The van der Waals surface area contributed by atoms with Gasteiger partial charge in [0.15, 0.2) is 0 Å². The van der Waals surface area contributed by atoms with E-state index in [2.05, 4.69) is 23.3 Å². The lowest BCUT2D eigenvalue weighted by Crippen LogP contribution is -2.39. The molecule has 3 heterocycles. The number of nitrogens with one attached hydrogen (secondary N) is 1. The average molecular weight is 406 g/mol. The molecular weight excluding hydrogens is 388 g/mol. The zero-order chi connectivity index (χ0) is 20.1. The Bertz CT molecular complexity index is 1150. The Labute approximate surface area is 170 Å². The summed E-state index contributed by atoms with van der Waals surface area (Å²) in [6, 6.07) is 13.6. The van der Waals surface area contributed by atoms with Gasteiger partial charge in [-0.3, -0.25) is 9.59 Å². The number of aromatic nitrogens is 1. The van der Waals surface area contributed by atoms with Crippen LogP contribution in [0.1, 0.15) is 5.56 Å². The number of carboxylic acid groups (broad SMARTS) is 1. The topological polar surface area (TPSA) is 88.5 Å². The van der Waals surface area contributed by atoms with Crippen molar-refractivity contribution in [3.05, 3.63) is 60.2 Å². The summed E-state index contributed by atoms with van der Waals surface area (Å²) in [5.74, 6) is -2.92. The first-order chi connectivity index (χ1) is 14.0. The van der Waals surface area contributed by atoms with Gasteiger partial charge in [0.25, 0.3) is 0 Å². The van der Waals surface area contributed by atoms with Crippen LogP contribution in [-0.2, 0) is 14.3 Å². The molecule has 2 aliphatic heterocycles. The van der Waals surface area contributed by atoms with Gasteiger partial charge in [0.2, 0.25) is 5.91 Å². The van der Waals surface area contributed by atoms with Crippen molar-refractivity contribution in [1.29, 1.82) is 0 Å². The molecule has 1 aromatic heterocycles. The number of aryl methyl sites for hydroxylation is 1. The van der Waals surface area contributed by atoms with Crippen LogP contribution in [0.5, 0.6) is 0 Å². The van der Waals surface area contributed by atoms with Crippen molar-refractivity contribution < 1.29 is 19.4 Å². The number of amides is 1. The molecule has 29 heavy (non-hydrogen) atoms. The normalized spacial score (nSPS) is 24.9. The number of carbonyl (C=O) groups is 2. The molecule has 1 fully saturated rings. The molecule has 2 aliphatic rings. The number of benzene rings is 2. The highest BCUT2D eigenvalue weighted by Crippen LogP contribution is 2.40. The highest BCUT2D eigenvalue weighted by atomic mass is 32.1. The van der Waals surface area contributed by atoms with E-state index in [0.29, 0.717) is 5.69 Å². The SMILES string of the molecule is Cc1ccc2nc(-c3ccc(NC(=O)C4C5C=CC(O5)C4C(=O)O)cc3)sc2c1. The third-order valence-corrected chi connectivity index (χ3v) is 6.50. The van der Waals surface area contributed by atoms with Crippen molar-refractivity contribution >= 4 is 39.1 Å². The van der Waals surface area contributed by atoms with Crippen molar-refractivity contribution in [3.63, 3.8) is 0 Å². The molecule has 0 radical (unpaired) electrons. The van der Waals surface area contributed by atoms with Gasteiger partial charge < -0.3 is 15.2 Å². The van der Waals surface area contributed by atoms with Crippen molar-refractivity contribution in [2.45, 2.75) is 19.1 Å². The fourth-order valence-corrected chi connectivity index (χ4v) is 5.06. The second kappa shape index (κ2) is 6.79. The summed E-state index contributed by atoms with van der Waals surface area (Å²) < 4.78 is 6.71. The maximum absolute atomic E-state index is 12.7. The van der Waals surface area contributed by atoms with Gasteiger partial charge in [-0.15, -0.1) is 11.3 Å². The Morgan fingerprint density at radius 2 is 1.79 bits per heavy atom. The lowest BCUT2D eigenvalue weighted by atomic mass is 9.82. The van der Waals surface area contributed by atoms with E-state index in [1.165, 1.54) is 5.56 Å². The maximum Gasteiger partial charge on any atom is 0.310 e. The van der Waals surface area contributed by atoms with Crippen LogP contribution >= 0.6 is 11.3 Å². The number of anilines is 1. The second-order valence-electron chi connectivity index (χ2n) is 7.40. The number of carboxylic acids is 1. The van der Waals surface area contributed by atoms with Crippen molar-refractivity contribution in [3.8, 4) is 10.6 Å². The first-order valence-corrected chi connectivity index (χ1v) is 10.2. The first kappa shape index (κ1) is 18.0. The fourth-order valence-electron chi connectivity index (χ4n) is 3.99. The minimum absolute atomic E-state index is 0.336. The summed E-state index contributed by atoms with van der Waals surface area (Å²) in [6.07, 6.45) is 2.48. The van der Waals surface area contributed by atoms with E-state index in [9.17, 15) is 14.7 Å². The molecule has 4 unspecified atom stereocenters. The van der Waals surface area contributed by atoms with E-state index >= 15 is 0 Å². The predicted octanol–water partition coefficient (Wildman–Crippen LogP) is 3.86. The highest BCUT2D eigenvalue weighted by Gasteiger charge is 2.53. The Balaban J connectivity index is 1.34. The number of ether oxygens (including phenoxy) is 1. The van der Waals surface area contributed by atoms with E-state index in [4.69, 9.17) is 4.74 Å². The monoisotopic (exact) mass is 406 g/mol. The molecule has 2 N–H and O–H groups in total. The molecule has 4 atom stereocenters. The standard InChI is InChI=1S/C22H18N2O4S/c1-11-2-7-14-17(10-11)29-21(24-14)12-3-5-13(6-4-12)23-20(25)18-15-8-9-16(28-15)19(18)22(26)27/h2-10,15-16,18-19H,1H3,(H,23,25)(H,26,27). The number of rotatable bonds is 4. The number of fused-ring (bicyclic) bond motifs is 3. The molecule has 0 spiro atoms. The van der Waals surface area contributed by atoms with Crippen molar-refractivity contribution in [2.75, 3.05) is 5.32 Å². The second-order valence-corrected chi connectivity index (χ2v) is 8.43. The Kier molecular flexibility index (Phi) is 4.22. The highest BCUT2D eigenvalue weighted by molar-refractivity contribution is 7.21. The van der Waals surface area contributed by atoms with Crippen molar-refractivity contribution in [2.24, 2.45) is 11.8 Å². The van der Waals surface area contributed by atoms with Crippen LogP contribution < -0.4 is 5.32 Å². The Morgan fingerprint density at radius 3 is 2.52 bits per heavy atom. The molecule has 1 saturated heterocycles. The number of aliphatic carboxylic acids is 1. The summed E-state index contributed by atoms with van der Waals surface area (Å²) in [5.41, 5.74) is 3.75. The zero-order valence-electron chi connectivity index (χ0n) is 15.5. The zero-order valence-corrected chi connectivity index (χ0v) is 16.3. The summed E-state index contributed by atoms with van der Waals surface area (Å²) >= 11 is 1.63. The summed E-state index contributed by atoms with van der Waals surface area (Å²) in [5, 5.41) is 13.2. The Morgan fingerprint density at radius 1 is 1.07 bits per heavy atom. The van der Waals surface area contributed by atoms with Crippen LogP contribution in [0, 0.1) is 18.8 Å². The smallest absolute Gasteiger partial charge is 0.310 e. The number of carbonyl (C=O) groups excluding carboxylic acids is 1. The third-order valence-electron chi connectivity index (χ3n) is 5.43. The molecule has 0 aliphatic carbocycles. The lowest BCUT2D eigenvalue weighted by molar-refractivity contribution is -0.145. The molecular formula is C22H18N2O4S. The van der Waals surface area contributed by atoms with Gasteiger partial charge in [0, 0.05) is 11.3 Å². The number of nitrogens with zero attached hydrogens (tertiary/aromatic N) is 1. The molecule has 7 heteroatoms. The van der Waals surface area contributed by atoms with Crippen LogP contribution in [0.15, 0.2) is 54.6 Å². The minimum atomic E-state index is -1.01. The molecule has 0 saturated carbocycles. The molecule has 1 amide bonds. The number of thiazole rings is 1. The molecule has 6 nitrogen and oxygen atoms in total. The molecule has 3 aromatic rings. The fraction of sp³-hybridized carbons (Fsp3) is 0.227. The first-order valence-electron chi connectivity index (χ1n) is 9.35. The van der Waals surface area contributed by atoms with E-state index in [-0.39, 0.29) is 5.91 Å². The van der Waals surface area contributed by atoms with Gasteiger partial charge in [0.05, 0.1) is 28.3 Å². The molecule has 5 rings (SSSR count). The molecule has 146 valence electrons. The molecule has 2 aromatic carbocycles. The number of hydrogen-bond donors (Lipinski definition) is 2. The van der Waals surface area contributed by atoms with Crippen LogP contribution in [0.4, 0.5) is 5.69 Å². The average Bonchev–Trinajstić information content (AvgIpc) is 3.42. The lowest BCUT2D eigenvalue weighted by Gasteiger charge is -2.21. The van der Waals surface area contributed by atoms with Gasteiger partial charge >= 0.3 is 5.97 Å². The maximum atomic E-state index is 12.7. The van der Waals surface area contributed by atoms with E-state index in [1.807, 2.05) is 36.4 Å². The van der Waals surface area contributed by atoms with E-state index in [0.717, 1.165) is 20.8 Å². The van der Waals surface area contributed by atoms with E-state index < -0.39 is 30.0 Å². The van der Waals surface area contributed by atoms with Crippen molar-refractivity contribution in [1.82, 2.24) is 4.98 Å². The number of hydrogen-bond acceptors (Lipinski definition) is 5. The largest absolute Gasteiger partial charge is 0.481 e. The van der Waals surface area contributed by atoms with Gasteiger partial charge in [-0.1, -0.05) is 18.2 Å². The summed E-state index contributed by atoms with van der Waals surface area (Å²) in [7, 11) is 0. The molecule has 2 bridgehead atoms. The van der Waals surface area contributed by atoms with Gasteiger partial charge in [-0.05, 0) is 48.9 Å². The minimum Gasteiger partial charge on any atom is -0.481 e. The summed E-state index contributed by atoms with van der Waals surface area (Å²) in [4.78, 5) is 29.0. The van der Waals surface area contributed by atoms with Gasteiger partial charge in [-0.25, -0.2) is 4.98 Å². The van der Waals surface area contributed by atoms with E-state index in [1.54, 1.807) is 23.5 Å². The van der Waals surface area contributed by atoms with Crippen LogP contribution in [0.3, 0.4) is 0 Å². The quantitative estimate of drug-likeness (QED) is 0.642. The van der Waals surface area contributed by atoms with Gasteiger partial charge in [-0.2, -0.15) is 0 Å². The van der Waals surface area contributed by atoms with Gasteiger partial charge in [0.1, 0.15) is 10.9 Å². The van der Waals surface area contributed by atoms with Crippen LogP contribution in [-0.4, -0.2) is 34.2 Å². The van der Waals surface area contributed by atoms with Crippen LogP contribution in [0.2, 0.25) is 0 Å².